The quantitative estimate of drug-likeness (QED) is 0.441. The summed E-state index contributed by atoms with van der Waals surface area (Å²) in [5.74, 6) is -1.32. The lowest BCUT2D eigenvalue weighted by molar-refractivity contribution is -0.137. The maximum atomic E-state index is 11.1. The third-order valence-corrected chi connectivity index (χ3v) is 2.96. The molecule has 0 saturated heterocycles. The van der Waals surface area contributed by atoms with Gasteiger partial charge in [0, 0.05) is 13.7 Å². The van der Waals surface area contributed by atoms with Gasteiger partial charge < -0.3 is 9.47 Å². The van der Waals surface area contributed by atoms with Gasteiger partial charge in [0.1, 0.15) is 5.75 Å². The number of rotatable bonds is 6. The van der Waals surface area contributed by atoms with E-state index in [2.05, 4.69) is 9.47 Å². The van der Waals surface area contributed by atoms with Gasteiger partial charge in [-0.15, -0.1) is 0 Å². The first-order valence-electron chi connectivity index (χ1n) is 3.78. The number of sulfone groups is 1. The van der Waals surface area contributed by atoms with Crippen molar-refractivity contribution >= 4 is 15.8 Å². The van der Waals surface area contributed by atoms with Crippen LogP contribution in [0.2, 0.25) is 0 Å². The first-order chi connectivity index (χ1) is 6.02. The highest BCUT2D eigenvalue weighted by Gasteiger charge is 2.16. The molecule has 78 valence electrons. The van der Waals surface area contributed by atoms with Crippen LogP contribution in [0, 0.1) is 0 Å². The second kappa shape index (κ2) is 5.93. The number of carbonyl (C=O) groups excluding carboxylic acids is 1. The first-order valence-corrected chi connectivity index (χ1v) is 5.60. The molecule has 0 fully saturated rings. The molecule has 0 unspecified atom stereocenters. The zero-order valence-electron chi connectivity index (χ0n) is 7.78. The summed E-state index contributed by atoms with van der Waals surface area (Å²) in [7, 11) is -0.667. The molecule has 0 atom stereocenters. The second-order valence-corrected chi connectivity index (χ2v) is 4.70. The number of hydrogen-bond donors (Lipinski definition) is 0. The molecule has 0 aromatic carbocycles. The Morgan fingerprint density at radius 3 is 2.38 bits per heavy atom. The van der Waals surface area contributed by atoms with Gasteiger partial charge in [0.2, 0.25) is 0 Å². The Morgan fingerprint density at radius 2 is 1.92 bits per heavy atom. The Bertz CT molecular complexity index is 244. The van der Waals surface area contributed by atoms with Gasteiger partial charge >= 0.3 is 5.97 Å². The molecule has 0 amide bonds. The van der Waals surface area contributed by atoms with Crippen LogP contribution in [0.3, 0.4) is 0 Å². The van der Waals surface area contributed by atoms with E-state index < -0.39 is 21.6 Å². The summed E-state index contributed by atoms with van der Waals surface area (Å²) in [4.78, 5) is 10.6. The molecule has 0 radical (unpaired) electrons. The molecule has 0 aliphatic rings. The summed E-state index contributed by atoms with van der Waals surface area (Å²) in [6.45, 7) is 0.375. The summed E-state index contributed by atoms with van der Waals surface area (Å²) in [5.41, 5.74) is 0. The minimum Gasteiger partial charge on any atom is -0.468 e. The van der Waals surface area contributed by atoms with Gasteiger partial charge in [-0.05, 0) is 6.42 Å². The van der Waals surface area contributed by atoms with Crippen molar-refractivity contribution < 1.29 is 22.7 Å². The van der Waals surface area contributed by atoms with Crippen LogP contribution in [0.5, 0.6) is 0 Å². The molecule has 0 aromatic rings. The van der Waals surface area contributed by atoms with Crippen molar-refractivity contribution in [1.29, 1.82) is 0 Å². The van der Waals surface area contributed by atoms with Gasteiger partial charge in [-0.3, -0.25) is 4.79 Å². The van der Waals surface area contributed by atoms with Crippen molar-refractivity contribution in [3.63, 3.8) is 0 Å². The van der Waals surface area contributed by atoms with Gasteiger partial charge in [0.15, 0.2) is 9.84 Å². The average Bonchev–Trinajstić information content (AvgIpc) is 2.03. The molecule has 0 spiro atoms. The first kappa shape index (κ1) is 12.4. The zero-order chi connectivity index (χ0) is 10.3. The fourth-order valence-corrected chi connectivity index (χ4v) is 1.91. The van der Waals surface area contributed by atoms with E-state index in [-0.39, 0.29) is 5.75 Å². The van der Waals surface area contributed by atoms with E-state index in [9.17, 15) is 13.2 Å². The van der Waals surface area contributed by atoms with Crippen molar-refractivity contribution in [3.8, 4) is 0 Å². The summed E-state index contributed by atoms with van der Waals surface area (Å²) in [5, 5.41) is 0. The molecule has 0 heterocycles. The molecule has 0 aromatic heterocycles. The van der Waals surface area contributed by atoms with Gasteiger partial charge in [-0.2, -0.15) is 0 Å². The number of esters is 1. The predicted molar refractivity (Wildman–Crippen MR) is 47.2 cm³/mol. The van der Waals surface area contributed by atoms with Gasteiger partial charge in [-0.25, -0.2) is 8.42 Å². The Balaban J connectivity index is 3.88. The van der Waals surface area contributed by atoms with E-state index >= 15 is 0 Å². The van der Waals surface area contributed by atoms with Gasteiger partial charge in [0.25, 0.3) is 0 Å². The van der Waals surface area contributed by atoms with Crippen LogP contribution >= 0.6 is 0 Å². The van der Waals surface area contributed by atoms with Crippen molar-refractivity contribution in [2.75, 3.05) is 32.3 Å². The molecule has 0 saturated carbocycles. The number of methoxy groups -OCH3 is 2. The zero-order valence-corrected chi connectivity index (χ0v) is 8.59. The monoisotopic (exact) mass is 210 g/mol. The van der Waals surface area contributed by atoms with Gasteiger partial charge in [-0.1, -0.05) is 0 Å². The van der Waals surface area contributed by atoms with Crippen molar-refractivity contribution in [1.82, 2.24) is 0 Å². The third-order valence-electron chi connectivity index (χ3n) is 1.37. The standard InChI is InChI=1S/C7H14O5S/c1-11-4-3-5-13(9,10)6-7(8)12-2/h3-6H2,1-2H3. The van der Waals surface area contributed by atoms with E-state index in [1.165, 1.54) is 7.11 Å². The van der Waals surface area contributed by atoms with Crippen LogP contribution in [0.25, 0.3) is 0 Å². The van der Waals surface area contributed by atoms with E-state index in [4.69, 9.17) is 0 Å². The molecular formula is C7H14O5S. The van der Waals surface area contributed by atoms with Crippen LogP contribution in [-0.2, 0) is 24.1 Å². The molecule has 0 aliphatic carbocycles. The van der Waals surface area contributed by atoms with Crippen LogP contribution in [0.1, 0.15) is 6.42 Å². The number of hydrogen-bond acceptors (Lipinski definition) is 5. The molecule has 0 N–H and O–H groups in total. The van der Waals surface area contributed by atoms with Crippen molar-refractivity contribution in [2.45, 2.75) is 6.42 Å². The fraction of sp³-hybridized carbons (Fsp3) is 0.857. The van der Waals surface area contributed by atoms with Crippen LogP contribution in [0.4, 0.5) is 0 Å². The Morgan fingerprint density at radius 1 is 1.31 bits per heavy atom. The topological polar surface area (TPSA) is 69.7 Å². The Hall–Kier alpha value is -0.620. The highest BCUT2D eigenvalue weighted by molar-refractivity contribution is 7.92. The molecule has 0 aliphatic heterocycles. The Kier molecular flexibility index (Phi) is 5.65. The number of ether oxygens (including phenoxy) is 2. The van der Waals surface area contributed by atoms with Crippen LogP contribution in [0.15, 0.2) is 0 Å². The summed E-state index contributed by atoms with van der Waals surface area (Å²) < 4.78 is 31.2. The maximum absolute atomic E-state index is 11.1. The molecule has 6 heteroatoms. The number of carbonyl (C=O) groups is 1. The van der Waals surface area contributed by atoms with E-state index in [1.807, 2.05) is 0 Å². The summed E-state index contributed by atoms with van der Waals surface area (Å²) in [6, 6.07) is 0. The highest BCUT2D eigenvalue weighted by atomic mass is 32.2. The molecule has 5 nitrogen and oxygen atoms in total. The van der Waals surface area contributed by atoms with Crippen LogP contribution < -0.4 is 0 Å². The minimum atomic E-state index is -3.32. The van der Waals surface area contributed by atoms with Gasteiger partial charge in [0.05, 0.1) is 12.9 Å². The minimum absolute atomic E-state index is 0.0457. The lowest BCUT2D eigenvalue weighted by Crippen LogP contribution is -2.20. The largest absolute Gasteiger partial charge is 0.468 e. The highest BCUT2D eigenvalue weighted by Crippen LogP contribution is 1.95. The molecule has 13 heavy (non-hydrogen) atoms. The van der Waals surface area contributed by atoms with Crippen molar-refractivity contribution in [2.24, 2.45) is 0 Å². The van der Waals surface area contributed by atoms with E-state index in [1.54, 1.807) is 0 Å². The normalized spacial score (nSPS) is 11.2. The average molecular weight is 210 g/mol. The molecule has 0 bridgehead atoms. The SMILES string of the molecule is COCCCS(=O)(=O)CC(=O)OC. The smallest absolute Gasteiger partial charge is 0.320 e. The third kappa shape index (κ3) is 6.53. The molecular weight excluding hydrogens is 196 g/mol. The van der Waals surface area contributed by atoms with E-state index in [0.29, 0.717) is 13.0 Å². The lowest BCUT2D eigenvalue weighted by Gasteiger charge is -2.01. The fourth-order valence-electron chi connectivity index (χ4n) is 0.734. The predicted octanol–water partition coefficient (Wildman–Crippen LogP) is -0.389. The maximum Gasteiger partial charge on any atom is 0.320 e. The summed E-state index contributed by atoms with van der Waals surface area (Å²) >= 11 is 0. The summed E-state index contributed by atoms with van der Waals surface area (Å²) in [6.07, 6.45) is 0.399. The van der Waals surface area contributed by atoms with E-state index in [0.717, 1.165) is 7.11 Å². The van der Waals surface area contributed by atoms with Crippen LogP contribution in [-0.4, -0.2) is 46.7 Å². The second-order valence-electron chi connectivity index (χ2n) is 2.51. The Labute approximate surface area is 77.9 Å². The lowest BCUT2D eigenvalue weighted by atomic mass is 10.5. The molecule has 0 rings (SSSR count). The van der Waals surface area contributed by atoms with Crippen molar-refractivity contribution in [3.05, 3.63) is 0 Å².